The van der Waals surface area contributed by atoms with Crippen LogP contribution < -0.4 is 15.0 Å². The van der Waals surface area contributed by atoms with Gasteiger partial charge >= 0.3 is 0 Å². The van der Waals surface area contributed by atoms with E-state index in [9.17, 15) is 19.7 Å². The number of piperazine rings is 1. The van der Waals surface area contributed by atoms with Gasteiger partial charge in [0, 0.05) is 49.6 Å². The van der Waals surface area contributed by atoms with Gasteiger partial charge < -0.3 is 19.9 Å². The highest BCUT2D eigenvalue weighted by Crippen LogP contribution is 2.22. The predicted octanol–water partition coefficient (Wildman–Crippen LogP) is 2.85. The van der Waals surface area contributed by atoms with Crippen molar-refractivity contribution in [3.8, 4) is 5.75 Å². The molecule has 1 saturated heterocycles. The van der Waals surface area contributed by atoms with E-state index in [0.717, 1.165) is 18.5 Å². The van der Waals surface area contributed by atoms with Crippen LogP contribution in [0.5, 0.6) is 5.75 Å². The molecule has 1 aliphatic heterocycles. The van der Waals surface area contributed by atoms with E-state index in [2.05, 4.69) is 12.2 Å². The minimum absolute atomic E-state index is 0.0456. The largest absolute Gasteiger partial charge is 0.494 e. The van der Waals surface area contributed by atoms with Crippen molar-refractivity contribution in [1.29, 1.82) is 0 Å². The summed E-state index contributed by atoms with van der Waals surface area (Å²) in [7, 11) is 0. The molecule has 9 nitrogen and oxygen atoms in total. The Labute approximate surface area is 187 Å². The zero-order chi connectivity index (χ0) is 22.9. The molecule has 0 bridgehead atoms. The Bertz CT molecular complexity index is 940. The maximum atomic E-state index is 12.5. The van der Waals surface area contributed by atoms with Gasteiger partial charge in [-0.05, 0) is 36.8 Å². The second kappa shape index (κ2) is 11.1. The van der Waals surface area contributed by atoms with E-state index in [1.165, 1.54) is 12.1 Å². The van der Waals surface area contributed by atoms with Crippen LogP contribution in [-0.2, 0) is 4.79 Å². The fraction of sp³-hybridized carbons (Fsp3) is 0.391. The Hall–Kier alpha value is -3.62. The molecule has 0 saturated carbocycles. The fourth-order valence-electron chi connectivity index (χ4n) is 3.42. The van der Waals surface area contributed by atoms with Crippen LogP contribution in [0.4, 0.5) is 11.4 Å². The molecule has 1 aliphatic rings. The summed E-state index contributed by atoms with van der Waals surface area (Å²) in [6.07, 6.45) is 2.03. The molecule has 170 valence electrons. The minimum atomic E-state index is -0.418. The van der Waals surface area contributed by atoms with E-state index in [-0.39, 0.29) is 24.0 Å². The normalized spacial score (nSPS) is 13.5. The number of anilines is 1. The van der Waals surface area contributed by atoms with Crippen molar-refractivity contribution in [3.63, 3.8) is 0 Å². The molecule has 1 fully saturated rings. The molecule has 2 aromatic carbocycles. The number of ether oxygens (including phenoxy) is 1. The lowest BCUT2D eigenvalue weighted by atomic mass is 10.2. The summed E-state index contributed by atoms with van der Waals surface area (Å²) in [6, 6.07) is 13.3. The molecule has 0 spiro atoms. The minimum Gasteiger partial charge on any atom is -0.494 e. The first-order valence-corrected chi connectivity index (χ1v) is 10.8. The number of amides is 2. The second-order valence-electron chi connectivity index (χ2n) is 7.55. The number of hydrogen-bond acceptors (Lipinski definition) is 6. The van der Waals surface area contributed by atoms with Crippen LogP contribution >= 0.6 is 0 Å². The zero-order valence-electron chi connectivity index (χ0n) is 18.2. The predicted molar refractivity (Wildman–Crippen MR) is 121 cm³/mol. The zero-order valence-corrected chi connectivity index (χ0v) is 18.2. The van der Waals surface area contributed by atoms with Gasteiger partial charge in [-0.1, -0.05) is 19.4 Å². The van der Waals surface area contributed by atoms with E-state index in [4.69, 9.17) is 4.74 Å². The van der Waals surface area contributed by atoms with Gasteiger partial charge in [-0.3, -0.25) is 19.7 Å². The molecule has 0 radical (unpaired) electrons. The number of nitrogens with one attached hydrogen (secondary N) is 1. The van der Waals surface area contributed by atoms with Crippen LogP contribution in [0, 0.1) is 10.1 Å². The number of unbranched alkanes of at least 4 members (excludes halogenated alkanes) is 1. The standard InChI is InChI=1S/C23H28N4O5/c1-2-3-15-32-21-9-7-18(8-10-21)23(29)24-17-22(28)26-13-11-25(12-14-26)19-5-4-6-20(16-19)27(30)31/h4-10,16H,2-3,11-15,17H2,1H3,(H,24,29). The number of nitrogens with zero attached hydrogens (tertiary/aromatic N) is 3. The van der Waals surface area contributed by atoms with Crippen molar-refractivity contribution >= 4 is 23.2 Å². The fourth-order valence-corrected chi connectivity index (χ4v) is 3.42. The van der Waals surface area contributed by atoms with Crippen LogP contribution in [0.25, 0.3) is 0 Å². The van der Waals surface area contributed by atoms with Crippen molar-refractivity contribution in [2.45, 2.75) is 19.8 Å². The molecule has 3 rings (SSSR count). The third-order valence-corrected chi connectivity index (χ3v) is 5.32. The van der Waals surface area contributed by atoms with Crippen LogP contribution in [0.15, 0.2) is 48.5 Å². The van der Waals surface area contributed by atoms with Crippen molar-refractivity contribution in [1.82, 2.24) is 10.2 Å². The van der Waals surface area contributed by atoms with Crippen molar-refractivity contribution < 1.29 is 19.2 Å². The summed E-state index contributed by atoms with van der Waals surface area (Å²) in [5.41, 5.74) is 1.28. The summed E-state index contributed by atoms with van der Waals surface area (Å²) < 4.78 is 5.59. The van der Waals surface area contributed by atoms with Crippen molar-refractivity contribution in [3.05, 3.63) is 64.2 Å². The van der Waals surface area contributed by atoms with Crippen molar-refractivity contribution in [2.75, 3.05) is 44.2 Å². The molecule has 0 aromatic heterocycles. The molecular weight excluding hydrogens is 412 g/mol. The second-order valence-corrected chi connectivity index (χ2v) is 7.55. The summed E-state index contributed by atoms with van der Waals surface area (Å²) in [5, 5.41) is 13.6. The molecule has 1 heterocycles. The summed E-state index contributed by atoms with van der Waals surface area (Å²) in [5.74, 6) is 0.248. The molecule has 1 N–H and O–H groups in total. The Balaban J connectivity index is 1.44. The van der Waals surface area contributed by atoms with E-state index >= 15 is 0 Å². The lowest BCUT2D eigenvalue weighted by Gasteiger charge is -2.36. The van der Waals surface area contributed by atoms with E-state index in [1.807, 2.05) is 11.0 Å². The molecule has 2 aromatic rings. The quantitative estimate of drug-likeness (QED) is 0.365. The summed E-state index contributed by atoms with van der Waals surface area (Å²) in [4.78, 5) is 39.1. The number of non-ortho nitro benzene ring substituents is 1. The molecule has 0 aliphatic carbocycles. The Morgan fingerprint density at radius 2 is 1.81 bits per heavy atom. The highest BCUT2D eigenvalue weighted by atomic mass is 16.6. The highest BCUT2D eigenvalue weighted by Gasteiger charge is 2.22. The first kappa shape index (κ1) is 23.1. The third kappa shape index (κ3) is 6.19. The molecular formula is C23H28N4O5. The molecule has 2 amide bonds. The van der Waals surface area contributed by atoms with Crippen LogP contribution in [0.1, 0.15) is 30.1 Å². The topological polar surface area (TPSA) is 105 Å². The average molecular weight is 441 g/mol. The maximum Gasteiger partial charge on any atom is 0.271 e. The van der Waals surface area contributed by atoms with Gasteiger partial charge in [0.25, 0.3) is 11.6 Å². The number of carbonyl (C=O) groups excluding carboxylic acids is 2. The van der Waals surface area contributed by atoms with Crippen LogP contribution in [-0.4, -0.2) is 61.0 Å². The number of nitro benzene ring substituents is 1. The lowest BCUT2D eigenvalue weighted by molar-refractivity contribution is -0.384. The van der Waals surface area contributed by atoms with Crippen LogP contribution in [0.3, 0.4) is 0 Å². The molecule has 0 atom stereocenters. The first-order valence-electron chi connectivity index (χ1n) is 10.8. The van der Waals surface area contributed by atoms with E-state index < -0.39 is 4.92 Å². The average Bonchev–Trinajstić information content (AvgIpc) is 2.83. The van der Waals surface area contributed by atoms with E-state index in [1.54, 1.807) is 35.2 Å². The highest BCUT2D eigenvalue weighted by molar-refractivity contribution is 5.96. The lowest BCUT2D eigenvalue weighted by Crippen LogP contribution is -2.51. The first-order chi connectivity index (χ1) is 15.5. The van der Waals surface area contributed by atoms with Gasteiger partial charge in [0.15, 0.2) is 0 Å². The van der Waals surface area contributed by atoms with Crippen molar-refractivity contribution in [2.24, 2.45) is 0 Å². The van der Waals surface area contributed by atoms with E-state index in [0.29, 0.717) is 44.1 Å². The third-order valence-electron chi connectivity index (χ3n) is 5.32. The smallest absolute Gasteiger partial charge is 0.271 e. The Kier molecular flexibility index (Phi) is 8.02. The Morgan fingerprint density at radius 1 is 1.09 bits per heavy atom. The number of nitro groups is 1. The van der Waals surface area contributed by atoms with Crippen LogP contribution in [0.2, 0.25) is 0 Å². The summed E-state index contributed by atoms with van der Waals surface area (Å²) >= 11 is 0. The monoisotopic (exact) mass is 440 g/mol. The molecule has 32 heavy (non-hydrogen) atoms. The Morgan fingerprint density at radius 3 is 2.47 bits per heavy atom. The van der Waals surface area contributed by atoms with Gasteiger partial charge in [-0.15, -0.1) is 0 Å². The molecule has 9 heteroatoms. The number of hydrogen-bond donors (Lipinski definition) is 1. The molecule has 0 unspecified atom stereocenters. The van der Waals surface area contributed by atoms with Gasteiger partial charge in [-0.2, -0.15) is 0 Å². The number of benzene rings is 2. The summed E-state index contributed by atoms with van der Waals surface area (Å²) in [6.45, 7) is 4.77. The number of rotatable bonds is 9. The van der Waals surface area contributed by atoms with Gasteiger partial charge in [-0.25, -0.2) is 0 Å². The number of carbonyl (C=O) groups is 2. The van der Waals surface area contributed by atoms with Gasteiger partial charge in [0.2, 0.25) is 5.91 Å². The van der Waals surface area contributed by atoms with Gasteiger partial charge in [0.1, 0.15) is 5.75 Å². The van der Waals surface area contributed by atoms with Gasteiger partial charge in [0.05, 0.1) is 18.1 Å². The maximum absolute atomic E-state index is 12.5. The SMILES string of the molecule is CCCCOc1ccc(C(=O)NCC(=O)N2CCN(c3cccc([N+](=O)[O-])c3)CC2)cc1.